The van der Waals surface area contributed by atoms with Crippen LogP contribution in [0.2, 0.25) is 0 Å². The lowest BCUT2D eigenvalue weighted by atomic mass is 10.6. The molecule has 0 spiro atoms. The molecule has 1 N–H and O–H groups in total. The van der Waals surface area contributed by atoms with Gasteiger partial charge in [0.15, 0.2) is 0 Å². The molecule has 1 nitrogen and oxygen atoms in total. The predicted molar refractivity (Wildman–Crippen MR) is 40.5 cm³/mol. The molecule has 0 aromatic heterocycles. The van der Waals surface area contributed by atoms with Crippen LogP contribution in [0.25, 0.3) is 0 Å². The van der Waals surface area contributed by atoms with Gasteiger partial charge in [0, 0.05) is 24.6 Å². The van der Waals surface area contributed by atoms with E-state index >= 15 is 0 Å². The van der Waals surface area contributed by atoms with Crippen LogP contribution in [0, 0.1) is 0 Å². The molecule has 1 rings (SSSR count). The van der Waals surface area contributed by atoms with Crippen molar-refractivity contribution in [1.82, 2.24) is 5.32 Å². The zero-order valence-corrected chi connectivity index (χ0v) is 6.67. The molecule has 7 heavy (non-hydrogen) atoms. The fourth-order valence-corrected chi connectivity index (χ4v) is 1.30. The highest BCUT2D eigenvalue weighted by Gasteiger charge is 1.93. The highest BCUT2D eigenvalue weighted by Crippen LogP contribution is 1.99. The van der Waals surface area contributed by atoms with E-state index in [-0.39, 0.29) is 17.0 Å². The standard InChI is InChI=1S/C4H9NS.BrH/c1-3-6-4-2-5-1;/h5H,1-4H2;1H. The number of rotatable bonds is 0. The Labute approximate surface area is 59.0 Å². The lowest BCUT2D eigenvalue weighted by molar-refractivity contribution is 0.756. The Kier molecular flexibility index (Phi) is 5.49. The molecule has 0 radical (unpaired) electrons. The lowest BCUT2D eigenvalue weighted by Crippen LogP contribution is -2.24. The van der Waals surface area contributed by atoms with Crippen LogP contribution in [-0.4, -0.2) is 24.6 Å². The van der Waals surface area contributed by atoms with Crippen molar-refractivity contribution in [3.8, 4) is 0 Å². The van der Waals surface area contributed by atoms with Gasteiger partial charge in [0.05, 0.1) is 0 Å². The molecular formula is C4H10BrNS. The number of nitrogens with one attached hydrogen (secondary N) is 1. The molecule has 1 fully saturated rings. The Morgan fingerprint density at radius 1 is 1.14 bits per heavy atom. The molecule has 0 atom stereocenters. The summed E-state index contributed by atoms with van der Waals surface area (Å²) in [7, 11) is 0. The van der Waals surface area contributed by atoms with Gasteiger partial charge in [-0.25, -0.2) is 0 Å². The van der Waals surface area contributed by atoms with Gasteiger partial charge in [0.2, 0.25) is 0 Å². The highest BCUT2D eigenvalue weighted by molar-refractivity contribution is 8.93. The molecule has 0 unspecified atom stereocenters. The summed E-state index contributed by atoms with van der Waals surface area (Å²) >= 11 is 2.03. The summed E-state index contributed by atoms with van der Waals surface area (Å²) in [6, 6.07) is 0. The number of hydrogen-bond donors (Lipinski definition) is 1. The van der Waals surface area contributed by atoms with Crippen LogP contribution >= 0.6 is 28.7 Å². The Morgan fingerprint density at radius 2 is 1.71 bits per heavy atom. The van der Waals surface area contributed by atoms with Gasteiger partial charge in [-0.3, -0.25) is 0 Å². The van der Waals surface area contributed by atoms with Crippen LogP contribution in [0.1, 0.15) is 0 Å². The Bertz CT molecular complexity index is 27.2. The SMILES string of the molecule is Br.C1CSCCN1. The zero-order chi connectivity index (χ0) is 4.24. The molecule has 1 saturated heterocycles. The van der Waals surface area contributed by atoms with E-state index in [2.05, 4.69) is 5.32 Å². The molecule has 0 aromatic rings. The van der Waals surface area contributed by atoms with Gasteiger partial charge in [0.1, 0.15) is 0 Å². The molecule has 0 bridgehead atoms. The van der Waals surface area contributed by atoms with Gasteiger partial charge in [-0.15, -0.1) is 17.0 Å². The van der Waals surface area contributed by atoms with Gasteiger partial charge in [-0.05, 0) is 0 Å². The second kappa shape index (κ2) is 4.94. The van der Waals surface area contributed by atoms with Crippen LogP contribution in [0.5, 0.6) is 0 Å². The fourth-order valence-electron chi connectivity index (χ4n) is 0.516. The van der Waals surface area contributed by atoms with E-state index in [0.717, 1.165) is 0 Å². The first-order chi connectivity index (χ1) is 3.00. The van der Waals surface area contributed by atoms with E-state index in [1.54, 1.807) is 0 Å². The summed E-state index contributed by atoms with van der Waals surface area (Å²) in [4.78, 5) is 0. The smallest absolute Gasteiger partial charge is 0.00585 e. The Morgan fingerprint density at radius 3 is 1.86 bits per heavy atom. The maximum Gasteiger partial charge on any atom is 0.00585 e. The van der Waals surface area contributed by atoms with Crippen molar-refractivity contribution in [1.29, 1.82) is 0 Å². The Balaban J connectivity index is 0.000000360. The molecule has 0 saturated carbocycles. The second-order valence-electron chi connectivity index (χ2n) is 1.36. The average Bonchev–Trinajstić information content (AvgIpc) is 1.72. The number of hydrogen-bond acceptors (Lipinski definition) is 2. The van der Waals surface area contributed by atoms with E-state index in [1.807, 2.05) is 11.8 Å². The molecule has 3 heteroatoms. The third kappa shape index (κ3) is 3.38. The minimum absolute atomic E-state index is 0. The summed E-state index contributed by atoms with van der Waals surface area (Å²) in [6.45, 7) is 2.43. The molecule has 1 aliphatic rings. The van der Waals surface area contributed by atoms with E-state index in [9.17, 15) is 0 Å². The highest BCUT2D eigenvalue weighted by atomic mass is 79.9. The summed E-state index contributed by atoms with van der Waals surface area (Å²) in [5, 5.41) is 3.26. The summed E-state index contributed by atoms with van der Waals surface area (Å²) in [5.74, 6) is 2.61. The first kappa shape index (κ1) is 7.79. The molecule has 0 aliphatic carbocycles. The maximum absolute atomic E-state index is 3.26. The molecule has 0 aromatic carbocycles. The van der Waals surface area contributed by atoms with Crippen LogP contribution in [-0.2, 0) is 0 Å². The second-order valence-corrected chi connectivity index (χ2v) is 2.59. The van der Waals surface area contributed by atoms with Gasteiger partial charge < -0.3 is 5.32 Å². The van der Waals surface area contributed by atoms with E-state index in [4.69, 9.17) is 0 Å². The number of thioether (sulfide) groups is 1. The Hall–Kier alpha value is 0.790. The quantitative estimate of drug-likeness (QED) is 0.600. The van der Waals surface area contributed by atoms with Crippen molar-refractivity contribution in [3.63, 3.8) is 0 Å². The maximum atomic E-state index is 3.26. The van der Waals surface area contributed by atoms with Gasteiger partial charge >= 0.3 is 0 Å². The van der Waals surface area contributed by atoms with E-state index < -0.39 is 0 Å². The van der Waals surface area contributed by atoms with E-state index in [0.29, 0.717) is 0 Å². The first-order valence-corrected chi connectivity index (χ1v) is 3.44. The third-order valence-electron chi connectivity index (χ3n) is 0.846. The van der Waals surface area contributed by atoms with Crippen LogP contribution in [0.3, 0.4) is 0 Å². The topological polar surface area (TPSA) is 12.0 Å². The van der Waals surface area contributed by atoms with Crippen molar-refractivity contribution >= 4 is 28.7 Å². The number of halogens is 1. The molecule has 0 amide bonds. The average molecular weight is 184 g/mol. The monoisotopic (exact) mass is 183 g/mol. The van der Waals surface area contributed by atoms with Crippen molar-refractivity contribution in [2.45, 2.75) is 0 Å². The molecular weight excluding hydrogens is 174 g/mol. The summed E-state index contributed by atoms with van der Waals surface area (Å²) in [6.07, 6.45) is 0. The van der Waals surface area contributed by atoms with Crippen molar-refractivity contribution in [3.05, 3.63) is 0 Å². The van der Waals surface area contributed by atoms with Gasteiger partial charge in [-0.1, -0.05) is 0 Å². The van der Waals surface area contributed by atoms with Crippen molar-refractivity contribution in [2.24, 2.45) is 0 Å². The minimum Gasteiger partial charge on any atom is -0.315 e. The predicted octanol–water partition coefficient (Wildman–Crippen LogP) is 0.901. The lowest BCUT2D eigenvalue weighted by Gasteiger charge is -2.08. The molecule has 1 heterocycles. The molecule has 44 valence electrons. The van der Waals surface area contributed by atoms with E-state index in [1.165, 1.54) is 24.6 Å². The zero-order valence-electron chi connectivity index (χ0n) is 4.14. The van der Waals surface area contributed by atoms with Crippen LogP contribution < -0.4 is 5.32 Å². The molecule has 1 aliphatic heterocycles. The van der Waals surface area contributed by atoms with Crippen molar-refractivity contribution < 1.29 is 0 Å². The van der Waals surface area contributed by atoms with Crippen LogP contribution in [0.4, 0.5) is 0 Å². The summed E-state index contributed by atoms with van der Waals surface area (Å²) < 4.78 is 0. The largest absolute Gasteiger partial charge is 0.315 e. The minimum atomic E-state index is 0. The summed E-state index contributed by atoms with van der Waals surface area (Å²) in [5.41, 5.74) is 0. The first-order valence-electron chi connectivity index (χ1n) is 2.28. The van der Waals surface area contributed by atoms with Gasteiger partial charge in [-0.2, -0.15) is 11.8 Å². The fraction of sp³-hybridized carbons (Fsp3) is 1.00. The van der Waals surface area contributed by atoms with Crippen molar-refractivity contribution in [2.75, 3.05) is 24.6 Å². The van der Waals surface area contributed by atoms with Crippen LogP contribution in [0.15, 0.2) is 0 Å². The van der Waals surface area contributed by atoms with Gasteiger partial charge in [0.25, 0.3) is 0 Å². The normalized spacial score (nSPS) is 20.6. The third-order valence-corrected chi connectivity index (χ3v) is 1.83.